The van der Waals surface area contributed by atoms with Crippen LogP contribution in [-0.2, 0) is 19.8 Å². The van der Waals surface area contributed by atoms with Gasteiger partial charge in [0, 0.05) is 0 Å². The molecule has 0 aliphatic rings. The fraction of sp³-hybridized carbons (Fsp3) is 0.571. The molecule has 4 heteroatoms. The Labute approximate surface area is 110 Å². The molecule has 0 spiro atoms. The number of aryl methyl sites for hydroxylation is 1. The molecule has 0 saturated carbocycles. The highest BCUT2D eigenvalue weighted by Crippen LogP contribution is 2.53. The molecule has 1 rings (SSSR count). The Kier molecular flexibility index (Phi) is 5.58. The lowest BCUT2D eigenvalue weighted by atomic mass is 10.2. The van der Waals surface area contributed by atoms with Crippen molar-refractivity contribution in [2.45, 2.75) is 53.0 Å². The van der Waals surface area contributed by atoms with Gasteiger partial charge in [-0.05, 0) is 40.2 Å². The Hall–Kier alpha value is -0.630. The average Bonchev–Trinajstić information content (AvgIpc) is 2.18. The summed E-state index contributed by atoms with van der Waals surface area (Å²) >= 11 is 0. The van der Waals surface area contributed by atoms with Crippen molar-refractivity contribution in [2.75, 3.05) is 0 Å². The number of benzene rings is 1. The third-order valence-corrected chi connectivity index (χ3v) is 4.48. The van der Waals surface area contributed by atoms with Gasteiger partial charge in [0.2, 0.25) is 0 Å². The van der Waals surface area contributed by atoms with Gasteiger partial charge in [0.25, 0.3) is 0 Å². The molecule has 3 nitrogen and oxygen atoms in total. The Balaban J connectivity index is 2.84. The van der Waals surface area contributed by atoms with Gasteiger partial charge in [-0.15, -0.1) is 0 Å². The maximum absolute atomic E-state index is 12.6. The molecular weight excluding hydrogens is 247 g/mol. The van der Waals surface area contributed by atoms with E-state index in [1.54, 1.807) is 0 Å². The molecule has 0 fully saturated rings. The lowest BCUT2D eigenvalue weighted by molar-refractivity contribution is 0.141. The van der Waals surface area contributed by atoms with Crippen LogP contribution in [0.15, 0.2) is 24.3 Å². The second-order valence-corrected chi connectivity index (χ2v) is 7.02. The zero-order valence-corrected chi connectivity index (χ0v) is 12.7. The van der Waals surface area contributed by atoms with Crippen LogP contribution in [0.2, 0.25) is 0 Å². The quantitative estimate of drug-likeness (QED) is 0.712. The summed E-state index contributed by atoms with van der Waals surface area (Å²) in [5, 5.41) is 0. The van der Waals surface area contributed by atoms with Gasteiger partial charge >= 0.3 is 7.60 Å². The van der Waals surface area contributed by atoms with Gasteiger partial charge in [-0.25, -0.2) is 0 Å². The van der Waals surface area contributed by atoms with E-state index in [9.17, 15) is 4.57 Å². The van der Waals surface area contributed by atoms with Crippen molar-refractivity contribution in [3.8, 4) is 0 Å². The molecule has 0 heterocycles. The maximum Gasteiger partial charge on any atom is 0.335 e. The fourth-order valence-electron chi connectivity index (χ4n) is 1.66. The smallest absolute Gasteiger partial charge is 0.306 e. The van der Waals surface area contributed by atoms with Crippen molar-refractivity contribution in [3.05, 3.63) is 35.4 Å². The van der Waals surface area contributed by atoms with E-state index in [-0.39, 0.29) is 12.2 Å². The minimum atomic E-state index is -3.07. The van der Waals surface area contributed by atoms with Crippen molar-refractivity contribution >= 4 is 7.60 Å². The summed E-state index contributed by atoms with van der Waals surface area (Å²) in [5.74, 6) is 0. The van der Waals surface area contributed by atoms with Gasteiger partial charge in [0.1, 0.15) is 0 Å². The first kappa shape index (κ1) is 15.4. The highest BCUT2D eigenvalue weighted by Gasteiger charge is 2.27. The van der Waals surface area contributed by atoms with Crippen molar-refractivity contribution in [2.24, 2.45) is 0 Å². The predicted octanol–water partition coefficient (Wildman–Crippen LogP) is 4.54. The SMILES string of the molecule is Cc1ccc(CP(=O)(OC(C)C)OC(C)C)cc1. The van der Waals surface area contributed by atoms with Crippen molar-refractivity contribution in [1.82, 2.24) is 0 Å². The summed E-state index contributed by atoms with van der Waals surface area (Å²) in [5.41, 5.74) is 2.16. The largest absolute Gasteiger partial charge is 0.335 e. The van der Waals surface area contributed by atoms with E-state index in [1.807, 2.05) is 58.9 Å². The van der Waals surface area contributed by atoms with Crippen molar-refractivity contribution in [3.63, 3.8) is 0 Å². The van der Waals surface area contributed by atoms with Crippen LogP contribution in [0, 0.1) is 6.92 Å². The number of rotatable bonds is 6. The van der Waals surface area contributed by atoms with Crippen LogP contribution < -0.4 is 0 Å². The second kappa shape index (κ2) is 6.51. The molecule has 1 aromatic carbocycles. The highest BCUT2D eigenvalue weighted by atomic mass is 31.2. The molecule has 0 atom stereocenters. The highest BCUT2D eigenvalue weighted by molar-refractivity contribution is 7.53. The zero-order valence-electron chi connectivity index (χ0n) is 11.8. The molecule has 1 aromatic rings. The molecule has 0 aliphatic carbocycles. The molecule has 0 radical (unpaired) electrons. The van der Waals surface area contributed by atoms with Gasteiger partial charge in [-0.1, -0.05) is 29.8 Å². The zero-order chi connectivity index (χ0) is 13.8. The normalized spacial score (nSPS) is 12.4. The first-order valence-corrected chi connectivity index (χ1v) is 8.05. The lowest BCUT2D eigenvalue weighted by Crippen LogP contribution is -2.09. The van der Waals surface area contributed by atoms with E-state index in [2.05, 4.69) is 0 Å². The van der Waals surface area contributed by atoms with Crippen molar-refractivity contribution in [1.29, 1.82) is 0 Å². The van der Waals surface area contributed by atoms with Gasteiger partial charge in [-0.3, -0.25) is 4.57 Å². The van der Waals surface area contributed by atoms with Crippen LogP contribution in [-0.4, -0.2) is 12.2 Å². The van der Waals surface area contributed by atoms with E-state index in [0.717, 1.165) is 5.56 Å². The molecule has 0 bridgehead atoms. The first-order chi connectivity index (χ1) is 8.31. The molecular formula is C14H23O3P. The van der Waals surface area contributed by atoms with Crippen LogP contribution in [0.5, 0.6) is 0 Å². The van der Waals surface area contributed by atoms with E-state index in [4.69, 9.17) is 9.05 Å². The van der Waals surface area contributed by atoms with Crippen LogP contribution >= 0.6 is 7.60 Å². The van der Waals surface area contributed by atoms with Crippen LogP contribution in [0.3, 0.4) is 0 Å². The molecule has 0 aliphatic heterocycles. The van der Waals surface area contributed by atoms with Gasteiger partial charge in [-0.2, -0.15) is 0 Å². The molecule has 102 valence electrons. The second-order valence-electron chi connectivity index (χ2n) is 5.06. The van der Waals surface area contributed by atoms with Gasteiger partial charge in [0.05, 0.1) is 18.4 Å². The van der Waals surface area contributed by atoms with E-state index >= 15 is 0 Å². The first-order valence-electron chi connectivity index (χ1n) is 6.32. The number of hydrogen-bond acceptors (Lipinski definition) is 3. The summed E-state index contributed by atoms with van der Waals surface area (Å²) < 4.78 is 23.7. The molecule has 0 saturated heterocycles. The summed E-state index contributed by atoms with van der Waals surface area (Å²) in [6.45, 7) is 9.49. The predicted molar refractivity (Wildman–Crippen MR) is 74.9 cm³/mol. The van der Waals surface area contributed by atoms with Crippen LogP contribution in [0.1, 0.15) is 38.8 Å². The summed E-state index contributed by atoms with van der Waals surface area (Å²) in [7, 11) is -3.07. The lowest BCUT2D eigenvalue weighted by Gasteiger charge is -2.22. The van der Waals surface area contributed by atoms with Gasteiger partial charge < -0.3 is 9.05 Å². The Morgan fingerprint density at radius 3 is 1.83 bits per heavy atom. The topological polar surface area (TPSA) is 35.5 Å². The van der Waals surface area contributed by atoms with E-state index in [1.165, 1.54) is 5.56 Å². The number of hydrogen-bond donors (Lipinski definition) is 0. The summed E-state index contributed by atoms with van der Waals surface area (Å²) in [6, 6.07) is 7.94. The van der Waals surface area contributed by atoms with Crippen LogP contribution in [0.4, 0.5) is 0 Å². The standard InChI is InChI=1S/C14H23O3P/c1-11(2)16-18(15,17-12(3)4)10-14-8-6-13(5)7-9-14/h6-9,11-12H,10H2,1-5H3. The average molecular weight is 270 g/mol. The molecule has 0 unspecified atom stereocenters. The van der Waals surface area contributed by atoms with Crippen LogP contribution in [0.25, 0.3) is 0 Å². The Morgan fingerprint density at radius 2 is 1.44 bits per heavy atom. The fourth-order valence-corrected chi connectivity index (χ4v) is 3.80. The Bertz CT molecular complexity index is 396. The summed E-state index contributed by atoms with van der Waals surface area (Å²) in [6.07, 6.45) is 0.101. The molecule has 0 amide bonds. The third-order valence-electron chi connectivity index (χ3n) is 2.24. The van der Waals surface area contributed by atoms with Crippen molar-refractivity contribution < 1.29 is 13.6 Å². The minimum absolute atomic E-state index is 0.111. The van der Waals surface area contributed by atoms with E-state index < -0.39 is 7.60 Å². The Morgan fingerprint density at radius 1 is 1.00 bits per heavy atom. The third kappa shape index (κ3) is 5.34. The van der Waals surface area contributed by atoms with Gasteiger partial charge in [0.15, 0.2) is 0 Å². The minimum Gasteiger partial charge on any atom is -0.306 e. The monoisotopic (exact) mass is 270 g/mol. The molecule has 18 heavy (non-hydrogen) atoms. The molecule has 0 aromatic heterocycles. The maximum atomic E-state index is 12.6. The summed E-state index contributed by atoms with van der Waals surface area (Å²) in [4.78, 5) is 0. The molecule has 0 N–H and O–H groups in total. The van der Waals surface area contributed by atoms with E-state index in [0.29, 0.717) is 6.16 Å².